The van der Waals surface area contributed by atoms with Crippen molar-refractivity contribution in [3.63, 3.8) is 0 Å². The summed E-state index contributed by atoms with van der Waals surface area (Å²) in [4.78, 5) is 0. The number of allylic oxidation sites excluding steroid dienone is 1. The summed E-state index contributed by atoms with van der Waals surface area (Å²) in [5.74, 6) is 0. The van der Waals surface area contributed by atoms with Gasteiger partial charge in [-0.3, -0.25) is 0 Å². The quantitative estimate of drug-likeness (QED) is 0.313. The number of unbranched alkanes of at least 4 members (excludes halogenated alkanes) is 4. The molecule has 0 aromatic rings. The van der Waals surface area contributed by atoms with Gasteiger partial charge in [0, 0.05) is 18.6 Å². The summed E-state index contributed by atoms with van der Waals surface area (Å²) in [5.41, 5.74) is 0.553. The molecule has 23 heavy (non-hydrogen) atoms. The molecule has 3 nitrogen and oxygen atoms in total. The van der Waals surface area contributed by atoms with E-state index in [0.717, 1.165) is 52.5 Å². The molecule has 136 valence electrons. The number of hydrogen-bond donors (Lipinski definition) is 0. The van der Waals surface area contributed by atoms with Crippen molar-refractivity contribution in [3.8, 4) is 0 Å². The first-order valence-corrected chi connectivity index (χ1v) is 9.38. The summed E-state index contributed by atoms with van der Waals surface area (Å²) in [6, 6.07) is 0. The fourth-order valence-corrected chi connectivity index (χ4v) is 2.76. The molecule has 1 aliphatic heterocycles. The molecular formula is C20H38O3. The van der Waals surface area contributed by atoms with Gasteiger partial charge in [-0.05, 0) is 31.1 Å². The molecule has 0 spiro atoms. The average Bonchev–Trinajstić information content (AvgIpc) is 2.51. The van der Waals surface area contributed by atoms with Crippen LogP contribution in [0.15, 0.2) is 12.7 Å². The van der Waals surface area contributed by atoms with Crippen molar-refractivity contribution >= 4 is 0 Å². The van der Waals surface area contributed by atoms with E-state index in [0.29, 0.717) is 0 Å². The van der Waals surface area contributed by atoms with Gasteiger partial charge in [0.25, 0.3) is 0 Å². The molecule has 1 rings (SSSR count). The lowest BCUT2D eigenvalue weighted by atomic mass is 9.85. The Labute approximate surface area is 143 Å². The van der Waals surface area contributed by atoms with Crippen molar-refractivity contribution in [2.45, 2.75) is 65.7 Å². The van der Waals surface area contributed by atoms with E-state index in [4.69, 9.17) is 14.2 Å². The minimum absolute atomic E-state index is 0.265. The minimum atomic E-state index is 0.265. The molecule has 1 heterocycles. The zero-order valence-corrected chi connectivity index (χ0v) is 15.7. The van der Waals surface area contributed by atoms with Gasteiger partial charge < -0.3 is 14.2 Å². The number of ether oxygens (including phenoxy) is 3. The Hall–Kier alpha value is -0.380. The summed E-state index contributed by atoms with van der Waals surface area (Å²) in [6.07, 6.45) is 10.3. The maximum Gasteiger partial charge on any atom is 0.0564 e. The molecule has 0 radical (unpaired) electrons. The molecule has 1 aliphatic rings. The Bertz CT molecular complexity index is 312. The van der Waals surface area contributed by atoms with Crippen LogP contribution in [0.3, 0.4) is 0 Å². The van der Waals surface area contributed by atoms with Crippen LogP contribution in [0.2, 0.25) is 0 Å². The first-order valence-electron chi connectivity index (χ1n) is 9.38. The summed E-state index contributed by atoms with van der Waals surface area (Å²) < 4.78 is 16.8. The fourth-order valence-electron chi connectivity index (χ4n) is 2.76. The molecule has 1 fully saturated rings. The first kappa shape index (κ1) is 20.7. The first-order chi connectivity index (χ1) is 11.0. The van der Waals surface area contributed by atoms with E-state index in [1.165, 1.54) is 32.1 Å². The van der Waals surface area contributed by atoms with Crippen LogP contribution >= 0.6 is 0 Å². The van der Waals surface area contributed by atoms with Gasteiger partial charge in [0.05, 0.1) is 26.4 Å². The molecule has 0 bridgehead atoms. The summed E-state index contributed by atoms with van der Waals surface area (Å²) in [5, 5.41) is 0. The van der Waals surface area contributed by atoms with Crippen LogP contribution in [0.5, 0.6) is 0 Å². The molecule has 0 aromatic heterocycles. The van der Waals surface area contributed by atoms with Gasteiger partial charge in [0.2, 0.25) is 0 Å². The molecule has 1 saturated heterocycles. The zero-order chi connectivity index (χ0) is 17.0. The molecule has 3 heteroatoms. The Kier molecular flexibility index (Phi) is 10.1. The van der Waals surface area contributed by atoms with E-state index >= 15 is 0 Å². The van der Waals surface area contributed by atoms with E-state index in [2.05, 4.69) is 27.4 Å². The van der Waals surface area contributed by atoms with Crippen LogP contribution in [-0.2, 0) is 14.2 Å². The third kappa shape index (κ3) is 8.88. The van der Waals surface area contributed by atoms with Gasteiger partial charge in [0.15, 0.2) is 0 Å². The van der Waals surface area contributed by atoms with Gasteiger partial charge >= 0.3 is 0 Å². The van der Waals surface area contributed by atoms with Crippen LogP contribution < -0.4 is 0 Å². The van der Waals surface area contributed by atoms with E-state index in [1.54, 1.807) is 0 Å². The monoisotopic (exact) mass is 326 g/mol. The largest absolute Gasteiger partial charge is 0.381 e. The number of hydrogen-bond acceptors (Lipinski definition) is 3. The van der Waals surface area contributed by atoms with Gasteiger partial charge in [-0.2, -0.15) is 0 Å². The van der Waals surface area contributed by atoms with Crippen molar-refractivity contribution in [2.75, 3.05) is 39.6 Å². The van der Waals surface area contributed by atoms with E-state index in [-0.39, 0.29) is 10.8 Å². The minimum Gasteiger partial charge on any atom is -0.381 e. The standard InChI is InChI=1S/C20H38O3/c1-5-12-19(3,6-2)15-21-13-10-8-7-9-11-14-22-16-20(4)17-23-18-20/h5H,1,6-18H2,2-4H3. The second kappa shape index (κ2) is 11.2. The molecule has 1 atom stereocenters. The van der Waals surface area contributed by atoms with Gasteiger partial charge in [-0.1, -0.05) is 46.1 Å². The highest BCUT2D eigenvalue weighted by Crippen LogP contribution is 2.27. The molecular weight excluding hydrogens is 288 g/mol. The van der Waals surface area contributed by atoms with Gasteiger partial charge in [-0.25, -0.2) is 0 Å². The lowest BCUT2D eigenvalue weighted by Crippen LogP contribution is -2.43. The fraction of sp³-hybridized carbons (Fsp3) is 0.900. The van der Waals surface area contributed by atoms with Crippen molar-refractivity contribution in [1.29, 1.82) is 0 Å². The predicted molar refractivity (Wildman–Crippen MR) is 96.9 cm³/mol. The van der Waals surface area contributed by atoms with E-state index in [1.807, 2.05) is 6.08 Å². The lowest BCUT2D eigenvalue weighted by Gasteiger charge is -2.37. The van der Waals surface area contributed by atoms with Crippen LogP contribution in [0.4, 0.5) is 0 Å². The average molecular weight is 327 g/mol. The third-order valence-corrected chi connectivity index (χ3v) is 4.87. The summed E-state index contributed by atoms with van der Waals surface area (Å²) in [7, 11) is 0. The molecule has 0 aliphatic carbocycles. The molecule has 1 unspecified atom stereocenters. The number of rotatable bonds is 15. The van der Waals surface area contributed by atoms with Gasteiger partial charge in [-0.15, -0.1) is 6.58 Å². The van der Waals surface area contributed by atoms with Crippen LogP contribution in [0.1, 0.15) is 65.7 Å². The van der Waals surface area contributed by atoms with Crippen LogP contribution in [-0.4, -0.2) is 39.6 Å². The molecule has 0 N–H and O–H groups in total. The van der Waals surface area contributed by atoms with E-state index in [9.17, 15) is 0 Å². The highest BCUT2D eigenvalue weighted by Gasteiger charge is 2.33. The third-order valence-electron chi connectivity index (χ3n) is 4.87. The van der Waals surface area contributed by atoms with Crippen molar-refractivity contribution in [3.05, 3.63) is 12.7 Å². The maximum absolute atomic E-state index is 5.86. The zero-order valence-electron chi connectivity index (χ0n) is 15.7. The molecule has 0 amide bonds. The summed E-state index contributed by atoms with van der Waals surface area (Å²) in [6.45, 7) is 15.8. The second-order valence-corrected chi connectivity index (χ2v) is 7.83. The second-order valence-electron chi connectivity index (χ2n) is 7.83. The van der Waals surface area contributed by atoms with Crippen molar-refractivity contribution in [2.24, 2.45) is 10.8 Å². The van der Waals surface area contributed by atoms with E-state index < -0.39 is 0 Å². The molecule has 0 aromatic carbocycles. The van der Waals surface area contributed by atoms with Gasteiger partial charge in [0.1, 0.15) is 0 Å². The van der Waals surface area contributed by atoms with Crippen LogP contribution in [0, 0.1) is 10.8 Å². The smallest absolute Gasteiger partial charge is 0.0564 e. The Morgan fingerprint density at radius 3 is 2.22 bits per heavy atom. The predicted octanol–water partition coefficient (Wildman–Crippen LogP) is 5.00. The van der Waals surface area contributed by atoms with Crippen LogP contribution in [0.25, 0.3) is 0 Å². The maximum atomic E-state index is 5.86. The van der Waals surface area contributed by atoms with Crippen molar-refractivity contribution < 1.29 is 14.2 Å². The molecule has 0 saturated carbocycles. The van der Waals surface area contributed by atoms with Crippen molar-refractivity contribution in [1.82, 2.24) is 0 Å². The Balaban J connectivity index is 1.83. The Morgan fingerprint density at radius 1 is 1.09 bits per heavy atom. The highest BCUT2D eigenvalue weighted by atomic mass is 16.5. The SMILES string of the molecule is C=CCC(C)(CC)COCCCCCCCOCC1(C)COC1. The highest BCUT2D eigenvalue weighted by molar-refractivity contribution is 4.82. The normalized spacial score (nSPS) is 19.1. The lowest BCUT2D eigenvalue weighted by molar-refractivity contribution is -0.137. The topological polar surface area (TPSA) is 27.7 Å². The summed E-state index contributed by atoms with van der Waals surface area (Å²) >= 11 is 0. The Morgan fingerprint density at radius 2 is 1.70 bits per heavy atom.